The summed E-state index contributed by atoms with van der Waals surface area (Å²) in [6, 6.07) is 9.26. The van der Waals surface area contributed by atoms with Crippen LogP contribution in [0, 0.1) is 0 Å². The molecule has 20 heavy (non-hydrogen) atoms. The molecule has 0 atom stereocenters. The molecule has 0 radical (unpaired) electrons. The molecule has 2 aromatic heterocycles. The molecule has 0 unspecified atom stereocenters. The quantitative estimate of drug-likeness (QED) is 0.782. The van der Waals surface area contributed by atoms with Gasteiger partial charge in [0.05, 0.1) is 12.2 Å². The minimum Gasteiger partial charge on any atom is -0.484 e. The highest BCUT2D eigenvalue weighted by Crippen LogP contribution is 2.11. The van der Waals surface area contributed by atoms with Crippen molar-refractivity contribution in [1.29, 1.82) is 0 Å². The summed E-state index contributed by atoms with van der Waals surface area (Å²) >= 11 is 1.56. The number of ether oxygens (including phenoxy) is 1. The van der Waals surface area contributed by atoms with E-state index in [1.165, 1.54) is 0 Å². The molecule has 0 bridgehead atoms. The molecule has 0 saturated heterocycles. The highest BCUT2D eigenvalue weighted by Gasteiger charge is 2.06. The van der Waals surface area contributed by atoms with Crippen molar-refractivity contribution >= 4 is 22.2 Å². The molecule has 2 heterocycles. The highest BCUT2D eigenvalue weighted by atomic mass is 32.1. The van der Waals surface area contributed by atoms with E-state index in [9.17, 15) is 4.79 Å². The van der Waals surface area contributed by atoms with E-state index < -0.39 is 0 Å². The van der Waals surface area contributed by atoms with Crippen LogP contribution in [-0.2, 0) is 11.3 Å². The van der Waals surface area contributed by atoms with Crippen molar-refractivity contribution in [2.45, 2.75) is 6.54 Å². The van der Waals surface area contributed by atoms with Gasteiger partial charge in [-0.05, 0) is 12.1 Å². The predicted octanol–water partition coefficient (Wildman–Crippen LogP) is 2.09. The number of rotatable bonds is 5. The minimum atomic E-state index is -0.162. The number of nitrogens with zero attached hydrogens (tertiary/aromatic N) is 2. The number of benzene rings is 1. The molecule has 5 nitrogen and oxygen atoms in total. The van der Waals surface area contributed by atoms with Gasteiger partial charge in [0.25, 0.3) is 5.91 Å². The Labute approximate surface area is 119 Å². The Hall–Kier alpha value is -2.34. The SMILES string of the molecule is O=C(COc1ccccc1)NCc1cn2ccsc2n1. The molecular weight excluding hydrogens is 274 g/mol. The number of hydrogen-bond donors (Lipinski definition) is 1. The van der Waals surface area contributed by atoms with Crippen molar-refractivity contribution < 1.29 is 9.53 Å². The Morgan fingerprint density at radius 3 is 3.00 bits per heavy atom. The van der Waals surface area contributed by atoms with Gasteiger partial charge >= 0.3 is 0 Å². The monoisotopic (exact) mass is 287 g/mol. The summed E-state index contributed by atoms with van der Waals surface area (Å²) in [4.78, 5) is 17.0. The molecule has 0 saturated carbocycles. The molecular formula is C14H13N3O2S. The van der Waals surface area contributed by atoms with Crippen LogP contribution < -0.4 is 10.1 Å². The molecule has 0 aliphatic rings. The van der Waals surface area contributed by atoms with E-state index in [1.807, 2.05) is 52.5 Å². The number of thiazole rings is 1. The van der Waals surface area contributed by atoms with E-state index in [4.69, 9.17) is 4.74 Å². The average Bonchev–Trinajstić information content (AvgIpc) is 3.05. The largest absolute Gasteiger partial charge is 0.484 e. The first kappa shape index (κ1) is 12.7. The fourth-order valence-corrected chi connectivity index (χ4v) is 2.49. The second-order valence-electron chi connectivity index (χ2n) is 4.20. The number of carbonyl (C=O) groups is 1. The van der Waals surface area contributed by atoms with Gasteiger partial charge in [-0.2, -0.15) is 0 Å². The van der Waals surface area contributed by atoms with Crippen LogP contribution in [-0.4, -0.2) is 21.9 Å². The number of amides is 1. The first-order chi connectivity index (χ1) is 9.81. The lowest BCUT2D eigenvalue weighted by molar-refractivity contribution is -0.123. The molecule has 1 amide bonds. The highest BCUT2D eigenvalue weighted by molar-refractivity contribution is 7.15. The third-order valence-electron chi connectivity index (χ3n) is 2.72. The van der Waals surface area contributed by atoms with Gasteiger partial charge in [-0.1, -0.05) is 18.2 Å². The van der Waals surface area contributed by atoms with Crippen LogP contribution in [0.15, 0.2) is 48.1 Å². The minimum absolute atomic E-state index is 0.00618. The summed E-state index contributed by atoms with van der Waals surface area (Å²) in [5.74, 6) is 0.523. The third kappa shape index (κ3) is 2.97. The zero-order chi connectivity index (χ0) is 13.8. The fourth-order valence-electron chi connectivity index (χ4n) is 1.77. The number of imidazole rings is 1. The van der Waals surface area contributed by atoms with Crippen molar-refractivity contribution in [3.05, 3.63) is 53.8 Å². The molecule has 1 N–H and O–H groups in total. The Balaban J connectivity index is 1.48. The summed E-state index contributed by atoms with van der Waals surface area (Å²) in [6.45, 7) is 0.414. The Bertz CT molecular complexity index is 677. The van der Waals surface area contributed by atoms with Crippen molar-refractivity contribution in [3.8, 4) is 5.75 Å². The van der Waals surface area contributed by atoms with E-state index >= 15 is 0 Å². The van der Waals surface area contributed by atoms with E-state index in [0.29, 0.717) is 12.3 Å². The van der Waals surface area contributed by atoms with Crippen LogP contribution in [0.1, 0.15) is 5.69 Å². The van der Waals surface area contributed by atoms with Crippen LogP contribution in [0.2, 0.25) is 0 Å². The molecule has 0 aliphatic heterocycles. The van der Waals surface area contributed by atoms with Gasteiger partial charge in [-0.15, -0.1) is 11.3 Å². The first-order valence-corrected chi connectivity index (χ1v) is 7.05. The number of nitrogens with one attached hydrogen (secondary N) is 1. The maximum absolute atomic E-state index is 11.7. The molecule has 3 aromatic rings. The van der Waals surface area contributed by atoms with Crippen LogP contribution in [0.4, 0.5) is 0 Å². The third-order valence-corrected chi connectivity index (χ3v) is 3.49. The lowest BCUT2D eigenvalue weighted by Crippen LogP contribution is -2.28. The van der Waals surface area contributed by atoms with Gasteiger partial charge in [0, 0.05) is 17.8 Å². The average molecular weight is 287 g/mol. The normalized spacial score (nSPS) is 10.6. The first-order valence-electron chi connectivity index (χ1n) is 6.17. The lowest BCUT2D eigenvalue weighted by Gasteiger charge is -2.06. The molecule has 102 valence electrons. The molecule has 0 aliphatic carbocycles. The lowest BCUT2D eigenvalue weighted by atomic mass is 10.3. The number of para-hydroxylation sites is 1. The topological polar surface area (TPSA) is 55.6 Å². The number of hydrogen-bond acceptors (Lipinski definition) is 4. The summed E-state index contributed by atoms with van der Waals surface area (Å²) in [5, 5.41) is 4.76. The smallest absolute Gasteiger partial charge is 0.258 e. The van der Waals surface area contributed by atoms with Crippen LogP contribution in [0.5, 0.6) is 5.75 Å². The van der Waals surface area contributed by atoms with Crippen molar-refractivity contribution in [3.63, 3.8) is 0 Å². The molecule has 0 spiro atoms. The van der Waals surface area contributed by atoms with Gasteiger partial charge in [-0.3, -0.25) is 9.20 Å². The zero-order valence-electron chi connectivity index (χ0n) is 10.7. The predicted molar refractivity (Wildman–Crippen MR) is 76.9 cm³/mol. The van der Waals surface area contributed by atoms with E-state index in [-0.39, 0.29) is 12.5 Å². The number of carbonyl (C=O) groups excluding carboxylic acids is 1. The number of fused-ring (bicyclic) bond motifs is 1. The standard InChI is InChI=1S/C14H13N3O2S/c18-13(10-19-12-4-2-1-3-5-12)15-8-11-9-17-6-7-20-14(17)16-11/h1-7,9H,8,10H2,(H,15,18). The Kier molecular flexibility index (Phi) is 3.64. The second-order valence-corrected chi connectivity index (χ2v) is 5.08. The van der Waals surface area contributed by atoms with Crippen LogP contribution in [0.3, 0.4) is 0 Å². The summed E-state index contributed by atoms with van der Waals surface area (Å²) in [6.07, 6.45) is 3.85. The molecule has 6 heteroatoms. The second kappa shape index (κ2) is 5.75. The summed E-state index contributed by atoms with van der Waals surface area (Å²) in [5.41, 5.74) is 0.838. The fraction of sp³-hybridized carbons (Fsp3) is 0.143. The van der Waals surface area contributed by atoms with Crippen molar-refractivity contribution in [1.82, 2.24) is 14.7 Å². The number of aromatic nitrogens is 2. The van der Waals surface area contributed by atoms with Gasteiger partial charge in [-0.25, -0.2) is 4.98 Å². The van der Waals surface area contributed by atoms with Gasteiger partial charge in [0.2, 0.25) is 0 Å². The summed E-state index contributed by atoms with van der Waals surface area (Å²) < 4.78 is 7.30. The molecule has 3 rings (SSSR count). The molecule has 1 aromatic carbocycles. The van der Waals surface area contributed by atoms with Gasteiger partial charge < -0.3 is 10.1 Å². The molecule has 0 fully saturated rings. The zero-order valence-corrected chi connectivity index (χ0v) is 11.5. The van der Waals surface area contributed by atoms with E-state index in [0.717, 1.165) is 10.7 Å². The van der Waals surface area contributed by atoms with Gasteiger partial charge in [0.1, 0.15) is 5.75 Å². The maximum Gasteiger partial charge on any atom is 0.258 e. The van der Waals surface area contributed by atoms with Crippen molar-refractivity contribution in [2.24, 2.45) is 0 Å². The Morgan fingerprint density at radius 2 is 2.20 bits per heavy atom. The Morgan fingerprint density at radius 1 is 1.35 bits per heavy atom. The van der Waals surface area contributed by atoms with Crippen LogP contribution >= 0.6 is 11.3 Å². The van der Waals surface area contributed by atoms with Crippen LogP contribution in [0.25, 0.3) is 4.96 Å². The maximum atomic E-state index is 11.7. The summed E-state index contributed by atoms with van der Waals surface area (Å²) in [7, 11) is 0. The van der Waals surface area contributed by atoms with E-state index in [1.54, 1.807) is 11.3 Å². The van der Waals surface area contributed by atoms with E-state index in [2.05, 4.69) is 10.3 Å². The van der Waals surface area contributed by atoms with Gasteiger partial charge in [0.15, 0.2) is 11.6 Å². The van der Waals surface area contributed by atoms with Crippen molar-refractivity contribution in [2.75, 3.05) is 6.61 Å².